The van der Waals surface area contributed by atoms with Gasteiger partial charge in [0.25, 0.3) is 5.91 Å². The van der Waals surface area contributed by atoms with Gasteiger partial charge in [-0.15, -0.1) is 0 Å². The van der Waals surface area contributed by atoms with Crippen molar-refractivity contribution in [1.82, 2.24) is 10.3 Å². The first kappa shape index (κ1) is 14.1. The third-order valence-electron chi connectivity index (χ3n) is 2.86. The molecule has 0 aliphatic heterocycles. The molecule has 0 fully saturated rings. The van der Waals surface area contributed by atoms with E-state index in [9.17, 15) is 4.79 Å². The number of hydrogen-bond acceptors (Lipinski definition) is 3. The van der Waals surface area contributed by atoms with Crippen LogP contribution in [0.25, 0.3) is 0 Å². The van der Waals surface area contributed by atoms with Gasteiger partial charge >= 0.3 is 0 Å². The van der Waals surface area contributed by atoms with Crippen molar-refractivity contribution >= 4 is 5.91 Å². The fourth-order valence-electron chi connectivity index (χ4n) is 1.78. The van der Waals surface area contributed by atoms with Gasteiger partial charge in [0.1, 0.15) is 5.75 Å². The standard InChI is InChI=1S/C16H18N2O2/c1-12-5-3-7-15(9-12)20-13(2)16(19)18-11-14-6-4-8-17-10-14/h3-10,13H,11H2,1-2H3,(H,18,19)/t13-/m1/s1. The Morgan fingerprint density at radius 2 is 2.20 bits per heavy atom. The van der Waals surface area contributed by atoms with Crippen molar-refractivity contribution in [3.8, 4) is 5.75 Å². The fraction of sp³-hybridized carbons (Fsp3) is 0.250. The molecule has 4 nitrogen and oxygen atoms in total. The normalized spacial score (nSPS) is 11.7. The van der Waals surface area contributed by atoms with E-state index in [4.69, 9.17) is 4.74 Å². The van der Waals surface area contributed by atoms with Crippen LogP contribution in [0, 0.1) is 6.92 Å². The zero-order valence-corrected chi connectivity index (χ0v) is 11.7. The van der Waals surface area contributed by atoms with E-state index in [1.165, 1.54) is 0 Å². The maximum absolute atomic E-state index is 11.9. The van der Waals surface area contributed by atoms with E-state index in [-0.39, 0.29) is 5.91 Å². The van der Waals surface area contributed by atoms with E-state index in [0.29, 0.717) is 12.3 Å². The SMILES string of the molecule is Cc1cccc(O[C@H](C)C(=O)NCc2cccnc2)c1. The first-order chi connectivity index (χ1) is 9.65. The molecule has 20 heavy (non-hydrogen) atoms. The Morgan fingerprint density at radius 1 is 1.35 bits per heavy atom. The minimum atomic E-state index is -0.534. The molecule has 1 aromatic heterocycles. The third-order valence-corrected chi connectivity index (χ3v) is 2.86. The van der Waals surface area contributed by atoms with Crippen molar-refractivity contribution in [2.75, 3.05) is 0 Å². The van der Waals surface area contributed by atoms with E-state index in [0.717, 1.165) is 11.1 Å². The van der Waals surface area contributed by atoms with E-state index in [1.807, 2.05) is 43.3 Å². The molecule has 1 heterocycles. The molecule has 0 aliphatic carbocycles. The van der Waals surface area contributed by atoms with Crippen LogP contribution in [0.4, 0.5) is 0 Å². The van der Waals surface area contributed by atoms with Gasteiger partial charge < -0.3 is 10.1 Å². The van der Waals surface area contributed by atoms with Crippen molar-refractivity contribution in [1.29, 1.82) is 0 Å². The Bertz CT molecular complexity index is 570. The minimum Gasteiger partial charge on any atom is -0.481 e. The number of nitrogens with one attached hydrogen (secondary N) is 1. The van der Waals surface area contributed by atoms with Crippen LogP contribution >= 0.6 is 0 Å². The van der Waals surface area contributed by atoms with Gasteiger partial charge in [-0.25, -0.2) is 0 Å². The summed E-state index contributed by atoms with van der Waals surface area (Å²) in [5, 5.41) is 2.83. The highest BCUT2D eigenvalue weighted by molar-refractivity contribution is 5.80. The Kier molecular flexibility index (Phi) is 4.71. The number of benzene rings is 1. The van der Waals surface area contributed by atoms with Crippen LogP contribution in [0.15, 0.2) is 48.8 Å². The molecule has 0 spiro atoms. The molecule has 0 unspecified atom stereocenters. The zero-order chi connectivity index (χ0) is 14.4. The molecule has 0 saturated heterocycles. The van der Waals surface area contributed by atoms with E-state index >= 15 is 0 Å². The molecule has 0 saturated carbocycles. The number of carbonyl (C=O) groups excluding carboxylic acids is 1. The molecule has 2 aromatic rings. The van der Waals surface area contributed by atoms with Gasteiger partial charge in [0.2, 0.25) is 0 Å². The summed E-state index contributed by atoms with van der Waals surface area (Å²) in [5.74, 6) is 0.560. The van der Waals surface area contributed by atoms with Crippen molar-refractivity contribution < 1.29 is 9.53 Å². The van der Waals surface area contributed by atoms with Crippen molar-refractivity contribution in [3.63, 3.8) is 0 Å². The Hall–Kier alpha value is -2.36. The van der Waals surface area contributed by atoms with Crippen LogP contribution in [0.2, 0.25) is 0 Å². The lowest BCUT2D eigenvalue weighted by Crippen LogP contribution is -2.35. The molecule has 1 amide bonds. The molecule has 0 radical (unpaired) electrons. The molecular weight excluding hydrogens is 252 g/mol. The molecular formula is C16H18N2O2. The maximum atomic E-state index is 11.9. The van der Waals surface area contributed by atoms with Crippen LogP contribution in [0.3, 0.4) is 0 Å². The molecule has 0 aliphatic rings. The van der Waals surface area contributed by atoms with Gasteiger partial charge in [0.15, 0.2) is 6.10 Å². The smallest absolute Gasteiger partial charge is 0.261 e. The van der Waals surface area contributed by atoms with Crippen LogP contribution in [-0.2, 0) is 11.3 Å². The summed E-state index contributed by atoms with van der Waals surface area (Å²) in [6, 6.07) is 11.4. The predicted molar refractivity (Wildman–Crippen MR) is 77.4 cm³/mol. The molecule has 1 N–H and O–H groups in total. The average molecular weight is 270 g/mol. The lowest BCUT2D eigenvalue weighted by atomic mass is 10.2. The van der Waals surface area contributed by atoms with Crippen LogP contribution in [-0.4, -0.2) is 17.0 Å². The minimum absolute atomic E-state index is 0.143. The highest BCUT2D eigenvalue weighted by Crippen LogP contribution is 2.14. The molecule has 1 aromatic carbocycles. The number of pyridine rings is 1. The number of carbonyl (C=O) groups is 1. The maximum Gasteiger partial charge on any atom is 0.261 e. The first-order valence-electron chi connectivity index (χ1n) is 6.55. The third kappa shape index (κ3) is 4.09. The Morgan fingerprint density at radius 3 is 2.90 bits per heavy atom. The van der Waals surface area contributed by atoms with Crippen LogP contribution in [0.1, 0.15) is 18.1 Å². The largest absolute Gasteiger partial charge is 0.481 e. The summed E-state index contributed by atoms with van der Waals surface area (Å²) < 4.78 is 5.62. The lowest BCUT2D eigenvalue weighted by Gasteiger charge is -2.15. The lowest BCUT2D eigenvalue weighted by molar-refractivity contribution is -0.127. The molecule has 1 atom stereocenters. The van der Waals surface area contributed by atoms with E-state index < -0.39 is 6.10 Å². The second kappa shape index (κ2) is 6.70. The van der Waals surface area contributed by atoms with Gasteiger partial charge in [-0.3, -0.25) is 9.78 Å². The van der Waals surface area contributed by atoms with Gasteiger partial charge in [0.05, 0.1) is 0 Å². The Balaban J connectivity index is 1.86. The fourth-order valence-corrected chi connectivity index (χ4v) is 1.78. The van der Waals surface area contributed by atoms with Crippen LogP contribution < -0.4 is 10.1 Å². The van der Waals surface area contributed by atoms with Crippen molar-refractivity contribution in [2.24, 2.45) is 0 Å². The highest BCUT2D eigenvalue weighted by Gasteiger charge is 2.14. The van der Waals surface area contributed by atoms with Crippen LogP contribution in [0.5, 0.6) is 5.75 Å². The van der Waals surface area contributed by atoms with Gasteiger partial charge in [-0.05, 0) is 43.2 Å². The summed E-state index contributed by atoms with van der Waals surface area (Å²) in [5.41, 5.74) is 2.06. The number of nitrogens with zero attached hydrogens (tertiary/aromatic N) is 1. The molecule has 0 bridgehead atoms. The summed E-state index contributed by atoms with van der Waals surface area (Å²) in [6.07, 6.45) is 2.90. The topological polar surface area (TPSA) is 51.2 Å². The Labute approximate surface area is 118 Å². The predicted octanol–water partition coefficient (Wildman–Crippen LogP) is 2.47. The number of aryl methyl sites for hydroxylation is 1. The number of hydrogen-bond donors (Lipinski definition) is 1. The molecule has 2 rings (SSSR count). The number of ether oxygens (including phenoxy) is 1. The van der Waals surface area contributed by atoms with E-state index in [2.05, 4.69) is 10.3 Å². The average Bonchev–Trinajstić information content (AvgIpc) is 2.46. The second-order valence-corrected chi connectivity index (χ2v) is 4.66. The van der Waals surface area contributed by atoms with Crippen molar-refractivity contribution in [2.45, 2.75) is 26.5 Å². The highest BCUT2D eigenvalue weighted by atomic mass is 16.5. The second-order valence-electron chi connectivity index (χ2n) is 4.66. The van der Waals surface area contributed by atoms with E-state index in [1.54, 1.807) is 19.3 Å². The number of aromatic nitrogens is 1. The summed E-state index contributed by atoms with van der Waals surface area (Å²) in [6.45, 7) is 4.18. The van der Waals surface area contributed by atoms with Gasteiger partial charge in [-0.1, -0.05) is 18.2 Å². The molecule has 104 valence electrons. The first-order valence-corrected chi connectivity index (χ1v) is 6.55. The van der Waals surface area contributed by atoms with Gasteiger partial charge in [-0.2, -0.15) is 0 Å². The number of amides is 1. The van der Waals surface area contributed by atoms with Gasteiger partial charge in [0, 0.05) is 18.9 Å². The summed E-state index contributed by atoms with van der Waals surface area (Å²) >= 11 is 0. The summed E-state index contributed by atoms with van der Waals surface area (Å²) in [7, 11) is 0. The summed E-state index contributed by atoms with van der Waals surface area (Å²) in [4.78, 5) is 16.0. The molecule has 4 heteroatoms. The number of rotatable bonds is 5. The quantitative estimate of drug-likeness (QED) is 0.908. The monoisotopic (exact) mass is 270 g/mol. The van der Waals surface area contributed by atoms with Crippen molar-refractivity contribution in [3.05, 3.63) is 59.9 Å². The zero-order valence-electron chi connectivity index (χ0n) is 11.7.